The first-order valence-electron chi connectivity index (χ1n) is 3.60. The number of rotatable bonds is 2. The standard InChI is InChI=1S/C8H13N/c1-2-3-5-8-6-4-7-9-8/h1,8-9H,3-7H2/t8-/m1/s1. The van der Waals surface area contributed by atoms with Gasteiger partial charge in [-0.05, 0) is 25.8 Å². The molecule has 0 spiro atoms. The minimum absolute atomic E-state index is 0.723. The molecule has 1 aliphatic heterocycles. The Balaban J connectivity index is 2.06. The van der Waals surface area contributed by atoms with E-state index in [-0.39, 0.29) is 0 Å². The number of hydrogen-bond donors (Lipinski definition) is 1. The molecule has 1 nitrogen and oxygen atoms in total. The Morgan fingerprint density at radius 3 is 3.11 bits per heavy atom. The highest BCUT2D eigenvalue weighted by molar-refractivity contribution is 4.86. The molecular weight excluding hydrogens is 110 g/mol. The van der Waals surface area contributed by atoms with E-state index < -0.39 is 0 Å². The summed E-state index contributed by atoms with van der Waals surface area (Å²) in [4.78, 5) is 0. The molecule has 0 unspecified atom stereocenters. The van der Waals surface area contributed by atoms with E-state index in [9.17, 15) is 0 Å². The van der Waals surface area contributed by atoms with Gasteiger partial charge in [0.25, 0.3) is 0 Å². The van der Waals surface area contributed by atoms with Gasteiger partial charge in [-0.3, -0.25) is 0 Å². The maximum atomic E-state index is 5.13. The summed E-state index contributed by atoms with van der Waals surface area (Å²) in [7, 11) is 0. The fraction of sp³-hybridized carbons (Fsp3) is 0.750. The molecule has 1 fully saturated rings. The zero-order valence-corrected chi connectivity index (χ0v) is 5.69. The van der Waals surface area contributed by atoms with Gasteiger partial charge in [-0.2, -0.15) is 0 Å². The van der Waals surface area contributed by atoms with Crippen molar-refractivity contribution in [1.82, 2.24) is 5.32 Å². The second kappa shape index (κ2) is 3.53. The van der Waals surface area contributed by atoms with Crippen LogP contribution in [0.5, 0.6) is 0 Å². The summed E-state index contributed by atoms with van der Waals surface area (Å²) in [6.45, 7) is 1.19. The van der Waals surface area contributed by atoms with Gasteiger partial charge in [-0.25, -0.2) is 0 Å². The highest BCUT2D eigenvalue weighted by atomic mass is 14.9. The summed E-state index contributed by atoms with van der Waals surface area (Å²) in [6.07, 6.45) is 9.87. The summed E-state index contributed by atoms with van der Waals surface area (Å²) in [5.41, 5.74) is 0. The Kier molecular flexibility index (Phi) is 2.60. The third-order valence-corrected chi connectivity index (χ3v) is 1.80. The van der Waals surface area contributed by atoms with Gasteiger partial charge in [0, 0.05) is 12.5 Å². The van der Waals surface area contributed by atoms with Crippen LogP contribution in [-0.2, 0) is 0 Å². The molecule has 0 radical (unpaired) electrons. The maximum absolute atomic E-state index is 5.13. The summed E-state index contributed by atoms with van der Waals surface area (Å²) in [6, 6.07) is 0.723. The van der Waals surface area contributed by atoms with Crippen molar-refractivity contribution in [3.05, 3.63) is 0 Å². The predicted molar refractivity (Wildman–Crippen MR) is 39.1 cm³/mol. The van der Waals surface area contributed by atoms with Gasteiger partial charge in [0.05, 0.1) is 0 Å². The highest BCUT2D eigenvalue weighted by Gasteiger charge is 2.11. The van der Waals surface area contributed by atoms with Crippen molar-refractivity contribution in [3.8, 4) is 12.3 Å². The predicted octanol–water partition coefficient (Wildman–Crippen LogP) is 1.15. The largest absolute Gasteiger partial charge is 0.314 e. The van der Waals surface area contributed by atoms with E-state index in [2.05, 4.69) is 11.2 Å². The van der Waals surface area contributed by atoms with Crippen LogP contribution in [0.15, 0.2) is 0 Å². The van der Waals surface area contributed by atoms with Crippen LogP contribution in [0.25, 0.3) is 0 Å². The van der Waals surface area contributed by atoms with Crippen LogP contribution < -0.4 is 5.32 Å². The van der Waals surface area contributed by atoms with Gasteiger partial charge < -0.3 is 5.32 Å². The van der Waals surface area contributed by atoms with Crippen LogP contribution in [0.3, 0.4) is 0 Å². The molecule has 1 aliphatic rings. The van der Waals surface area contributed by atoms with Gasteiger partial charge in [-0.1, -0.05) is 0 Å². The molecule has 0 aromatic heterocycles. The van der Waals surface area contributed by atoms with E-state index in [0.717, 1.165) is 18.9 Å². The molecule has 1 rings (SSSR count). The van der Waals surface area contributed by atoms with Crippen molar-refractivity contribution < 1.29 is 0 Å². The van der Waals surface area contributed by atoms with Crippen molar-refractivity contribution >= 4 is 0 Å². The average molecular weight is 123 g/mol. The summed E-state index contributed by atoms with van der Waals surface area (Å²) >= 11 is 0. The first kappa shape index (κ1) is 6.64. The normalized spacial score (nSPS) is 25.9. The lowest BCUT2D eigenvalue weighted by atomic mass is 10.1. The molecule has 0 bridgehead atoms. The second-order valence-electron chi connectivity index (χ2n) is 2.54. The molecule has 0 amide bonds. The van der Waals surface area contributed by atoms with E-state index in [0.29, 0.717) is 0 Å². The van der Waals surface area contributed by atoms with E-state index >= 15 is 0 Å². The van der Waals surface area contributed by atoms with Crippen LogP contribution in [0.1, 0.15) is 25.7 Å². The number of nitrogens with one attached hydrogen (secondary N) is 1. The molecule has 0 aromatic carbocycles. The molecule has 1 saturated heterocycles. The quantitative estimate of drug-likeness (QED) is 0.543. The molecular formula is C8H13N. The van der Waals surface area contributed by atoms with Gasteiger partial charge in [0.1, 0.15) is 0 Å². The van der Waals surface area contributed by atoms with Gasteiger partial charge in [-0.15, -0.1) is 12.3 Å². The van der Waals surface area contributed by atoms with E-state index in [1.165, 1.54) is 19.4 Å². The van der Waals surface area contributed by atoms with Crippen molar-refractivity contribution in [3.63, 3.8) is 0 Å². The van der Waals surface area contributed by atoms with Crippen molar-refractivity contribution in [2.45, 2.75) is 31.7 Å². The van der Waals surface area contributed by atoms with E-state index in [1.807, 2.05) is 0 Å². The molecule has 1 heteroatoms. The Bertz CT molecular complexity index is 106. The third-order valence-electron chi connectivity index (χ3n) is 1.80. The van der Waals surface area contributed by atoms with Crippen LogP contribution in [0.4, 0.5) is 0 Å². The van der Waals surface area contributed by atoms with Gasteiger partial charge in [0.2, 0.25) is 0 Å². The lowest BCUT2D eigenvalue weighted by Gasteiger charge is -2.05. The molecule has 0 saturated carbocycles. The summed E-state index contributed by atoms with van der Waals surface area (Å²) in [5.74, 6) is 2.65. The fourth-order valence-corrected chi connectivity index (χ4v) is 1.26. The average Bonchev–Trinajstić information content (AvgIpc) is 2.34. The molecule has 9 heavy (non-hydrogen) atoms. The SMILES string of the molecule is C#CCC[C@@H]1CCCN1. The summed E-state index contributed by atoms with van der Waals surface area (Å²) in [5, 5.41) is 3.40. The Hall–Kier alpha value is -0.480. The molecule has 1 atom stereocenters. The van der Waals surface area contributed by atoms with Gasteiger partial charge in [0.15, 0.2) is 0 Å². The van der Waals surface area contributed by atoms with Crippen LogP contribution in [0, 0.1) is 12.3 Å². The Morgan fingerprint density at radius 1 is 1.67 bits per heavy atom. The van der Waals surface area contributed by atoms with E-state index in [1.54, 1.807) is 0 Å². The minimum atomic E-state index is 0.723. The number of terminal acetylenes is 1. The second-order valence-corrected chi connectivity index (χ2v) is 2.54. The maximum Gasteiger partial charge on any atom is 0.0101 e. The van der Waals surface area contributed by atoms with Crippen LogP contribution in [-0.4, -0.2) is 12.6 Å². The molecule has 0 aromatic rings. The zero-order valence-electron chi connectivity index (χ0n) is 5.69. The number of hydrogen-bond acceptors (Lipinski definition) is 1. The lowest BCUT2D eigenvalue weighted by molar-refractivity contribution is 0.569. The van der Waals surface area contributed by atoms with Crippen molar-refractivity contribution in [1.29, 1.82) is 0 Å². The van der Waals surface area contributed by atoms with Crippen LogP contribution in [0.2, 0.25) is 0 Å². The van der Waals surface area contributed by atoms with Crippen molar-refractivity contribution in [2.75, 3.05) is 6.54 Å². The van der Waals surface area contributed by atoms with Gasteiger partial charge >= 0.3 is 0 Å². The monoisotopic (exact) mass is 123 g/mol. The molecule has 1 N–H and O–H groups in total. The smallest absolute Gasteiger partial charge is 0.0101 e. The Morgan fingerprint density at radius 2 is 2.56 bits per heavy atom. The van der Waals surface area contributed by atoms with Crippen molar-refractivity contribution in [2.24, 2.45) is 0 Å². The molecule has 0 aliphatic carbocycles. The topological polar surface area (TPSA) is 12.0 Å². The molecule has 1 heterocycles. The fourth-order valence-electron chi connectivity index (χ4n) is 1.26. The third kappa shape index (κ3) is 2.07. The Labute approximate surface area is 56.8 Å². The first-order chi connectivity index (χ1) is 4.43. The summed E-state index contributed by atoms with van der Waals surface area (Å²) < 4.78 is 0. The van der Waals surface area contributed by atoms with E-state index in [4.69, 9.17) is 6.42 Å². The van der Waals surface area contributed by atoms with Crippen LogP contribution >= 0.6 is 0 Å². The zero-order chi connectivity index (χ0) is 6.53. The highest BCUT2D eigenvalue weighted by Crippen LogP contribution is 2.09. The minimum Gasteiger partial charge on any atom is -0.314 e. The first-order valence-corrected chi connectivity index (χ1v) is 3.60. The molecule has 50 valence electrons. The lowest BCUT2D eigenvalue weighted by Crippen LogP contribution is -2.20.